The first-order valence-electron chi connectivity index (χ1n) is 7.62. The summed E-state index contributed by atoms with van der Waals surface area (Å²) in [5, 5.41) is 0.731. The highest BCUT2D eigenvalue weighted by molar-refractivity contribution is 6.06. The standard InChI is InChI=1S/C17H16N2O4/c1-9-2-3-14-11(4-9)12(5-15(20)18-14)16(21)19-6-10-8-23-17(22)13(10)7-19/h2-5,10,13H,6-8H2,1H3,(H,18,20)/t10-,13-/m1/s1. The number of nitrogens with zero attached hydrogens (tertiary/aromatic N) is 1. The number of carbonyl (C=O) groups is 2. The number of nitrogens with one attached hydrogen (secondary N) is 1. The van der Waals surface area contributed by atoms with Crippen molar-refractivity contribution in [3.05, 3.63) is 45.7 Å². The largest absolute Gasteiger partial charge is 0.465 e. The van der Waals surface area contributed by atoms with E-state index in [-0.39, 0.29) is 29.3 Å². The molecule has 3 heterocycles. The highest BCUT2D eigenvalue weighted by Crippen LogP contribution is 2.31. The summed E-state index contributed by atoms with van der Waals surface area (Å²) in [6.07, 6.45) is 0. The van der Waals surface area contributed by atoms with Crippen molar-refractivity contribution in [2.45, 2.75) is 6.92 Å². The normalized spacial score (nSPS) is 23.2. The van der Waals surface area contributed by atoms with Crippen molar-refractivity contribution in [1.29, 1.82) is 0 Å². The molecule has 0 aliphatic carbocycles. The van der Waals surface area contributed by atoms with Crippen LogP contribution in [0, 0.1) is 18.8 Å². The minimum Gasteiger partial charge on any atom is -0.465 e. The minimum absolute atomic E-state index is 0.0708. The van der Waals surface area contributed by atoms with Crippen LogP contribution in [-0.2, 0) is 9.53 Å². The number of aromatic amines is 1. The number of benzene rings is 1. The molecule has 1 amide bonds. The van der Waals surface area contributed by atoms with E-state index in [9.17, 15) is 14.4 Å². The molecule has 2 saturated heterocycles. The van der Waals surface area contributed by atoms with Gasteiger partial charge < -0.3 is 14.6 Å². The summed E-state index contributed by atoms with van der Waals surface area (Å²) in [7, 11) is 0. The fourth-order valence-corrected chi connectivity index (χ4v) is 3.48. The number of aromatic nitrogens is 1. The zero-order valence-corrected chi connectivity index (χ0v) is 12.7. The molecule has 1 aromatic carbocycles. The molecule has 0 bridgehead atoms. The summed E-state index contributed by atoms with van der Waals surface area (Å²) < 4.78 is 5.03. The van der Waals surface area contributed by atoms with Gasteiger partial charge in [0, 0.05) is 36.0 Å². The first kappa shape index (κ1) is 14.0. The first-order chi connectivity index (χ1) is 11.0. The van der Waals surface area contributed by atoms with Crippen molar-refractivity contribution in [1.82, 2.24) is 9.88 Å². The number of ether oxygens (including phenoxy) is 1. The number of hydrogen-bond acceptors (Lipinski definition) is 4. The summed E-state index contributed by atoms with van der Waals surface area (Å²) in [5.74, 6) is -0.582. The number of rotatable bonds is 1. The molecular weight excluding hydrogens is 296 g/mol. The van der Waals surface area contributed by atoms with E-state index in [4.69, 9.17) is 4.74 Å². The third kappa shape index (κ3) is 2.21. The highest BCUT2D eigenvalue weighted by atomic mass is 16.5. The van der Waals surface area contributed by atoms with Crippen molar-refractivity contribution >= 4 is 22.8 Å². The second-order valence-corrected chi connectivity index (χ2v) is 6.30. The van der Waals surface area contributed by atoms with Crippen LogP contribution in [0.15, 0.2) is 29.1 Å². The number of aryl methyl sites for hydroxylation is 1. The predicted octanol–water partition coefficient (Wildman–Crippen LogP) is 1.08. The van der Waals surface area contributed by atoms with E-state index in [0.29, 0.717) is 30.8 Å². The fraction of sp³-hybridized carbons (Fsp3) is 0.353. The second kappa shape index (κ2) is 4.94. The Morgan fingerprint density at radius 2 is 2.09 bits per heavy atom. The number of likely N-dealkylation sites (tertiary alicyclic amines) is 1. The van der Waals surface area contributed by atoms with Gasteiger partial charge in [0.2, 0.25) is 5.56 Å². The molecule has 1 aromatic heterocycles. The van der Waals surface area contributed by atoms with E-state index in [1.807, 2.05) is 19.1 Å². The number of carbonyl (C=O) groups excluding carboxylic acids is 2. The molecule has 0 radical (unpaired) electrons. The number of esters is 1. The average molecular weight is 312 g/mol. The molecule has 4 rings (SSSR count). The van der Waals surface area contributed by atoms with Crippen LogP contribution in [0.25, 0.3) is 10.9 Å². The van der Waals surface area contributed by atoms with E-state index >= 15 is 0 Å². The molecule has 2 atom stereocenters. The maximum absolute atomic E-state index is 12.9. The Morgan fingerprint density at radius 1 is 1.26 bits per heavy atom. The van der Waals surface area contributed by atoms with Gasteiger partial charge in [-0.05, 0) is 19.1 Å². The number of fused-ring (bicyclic) bond motifs is 2. The molecule has 2 aliphatic heterocycles. The average Bonchev–Trinajstić information content (AvgIpc) is 3.09. The Bertz CT molecular complexity index is 886. The molecule has 2 aromatic rings. The van der Waals surface area contributed by atoms with Gasteiger partial charge in [0.25, 0.3) is 5.91 Å². The predicted molar refractivity (Wildman–Crippen MR) is 83.1 cm³/mol. The number of cyclic esters (lactones) is 1. The Hall–Kier alpha value is -2.63. The molecular formula is C17H16N2O4. The van der Waals surface area contributed by atoms with Gasteiger partial charge in [-0.1, -0.05) is 11.6 Å². The molecule has 0 saturated carbocycles. The van der Waals surface area contributed by atoms with Gasteiger partial charge >= 0.3 is 5.97 Å². The molecule has 1 N–H and O–H groups in total. The van der Waals surface area contributed by atoms with E-state index in [1.54, 1.807) is 11.0 Å². The summed E-state index contributed by atoms with van der Waals surface area (Å²) in [5.41, 5.74) is 1.75. The molecule has 0 spiro atoms. The van der Waals surface area contributed by atoms with Crippen LogP contribution in [0.4, 0.5) is 0 Å². The Kier molecular flexibility index (Phi) is 3.01. The van der Waals surface area contributed by atoms with Gasteiger partial charge in [0.15, 0.2) is 0 Å². The van der Waals surface area contributed by atoms with Crippen molar-refractivity contribution in [3.63, 3.8) is 0 Å². The molecule has 2 aliphatic rings. The van der Waals surface area contributed by atoms with Crippen molar-refractivity contribution in [2.24, 2.45) is 11.8 Å². The molecule has 6 nitrogen and oxygen atoms in total. The third-order valence-corrected chi connectivity index (χ3v) is 4.70. The molecule has 118 valence electrons. The monoisotopic (exact) mass is 312 g/mol. The smallest absolute Gasteiger partial charge is 0.311 e. The lowest BCUT2D eigenvalue weighted by molar-refractivity contribution is -0.141. The highest BCUT2D eigenvalue weighted by Gasteiger charge is 2.45. The number of H-pyrrole nitrogens is 1. The molecule has 6 heteroatoms. The van der Waals surface area contributed by atoms with Gasteiger partial charge in [-0.3, -0.25) is 14.4 Å². The van der Waals surface area contributed by atoms with Gasteiger partial charge in [0.1, 0.15) is 0 Å². The summed E-state index contributed by atoms with van der Waals surface area (Å²) in [6, 6.07) is 6.93. The molecule has 2 fully saturated rings. The lowest BCUT2D eigenvalue weighted by Gasteiger charge is -2.18. The summed E-state index contributed by atoms with van der Waals surface area (Å²) >= 11 is 0. The molecule has 0 unspecified atom stereocenters. The Balaban J connectivity index is 1.74. The van der Waals surface area contributed by atoms with Crippen molar-refractivity contribution < 1.29 is 14.3 Å². The quantitative estimate of drug-likeness (QED) is 0.799. The maximum Gasteiger partial charge on any atom is 0.311 e. The van der Waals surface area contributed by atoms with Gasteiger partial charge in [0.05, 0.1) is 18.1 Å². The fourth-order valence-electron chi connectivity index (χ4n) is 3.48. The molecule has 23 heavy (non-hydrogen) atoms. The zero-order valence-electron chi connectivity index (χ0n) is 12.7. The van der Waals surface area contributed by atoms with Crippen molar-refractivity contribution in [2.75, 3.05) is 19.7 Å². The Morgan fingerprint density at radius 3 is 2.87 bits per heavy atom. The Labute approximate surface area is 132 Å². The summed E-state index contributed by atoms with van der Waals surface area (Å²) in [6.45, 7) is 3.18. The van der Waals surface area contributed by atoms with Gasteiger partial charge in [-0.25, -0.2) is 0 Å². The first-order valence-corrected chi connectivity index (χ1v) is 7.62. The number of hydrogen-bond donors (Lipinski definition) is 1. The van der Waals surface area contributed by atoms with E-state index in [0.717, 1.165) is 10.9 Å². The van der Waals surface area contributed by atoms with Crippen LogP contribution in [0.3, 0.4) is 0 Å². The van der Waals surface area contributed by atoms with E-state index in [2.05, 4.69) is 4.98 Å². The van der Waals surface area contributed by atoms with Crippen LogP contribution < -0.4 is 5.56 Å². The number of amides is 1. The van der Waals surface area contributed by atoms with Crippen LogP contribution in [-0.4, -0.2) is 41.5 Å². The lowest BCUT2D eigenvalue weighted by atomic mass is 10.0. The minimum atomic E-state index is -0.302. The zero-order chi connectivity index (χ0) is 16.1. The van der Waals surface area contributed by atoms with E-state index in [1.165, 1.54) is 6.07 Å². The number of pyridine rings is 1. The maximum atomic E-state index is 12.9. The van der Waals surface area contributed by atoms with Gasteiger partial charge in [-0.2, -0.15) is 0 Å². The third-order valence-electron chi connectivity index (χ3n) is 4.70. The lowest BCUT2D eigenvalue weighted by Crippen LogP contribution is -2.31. The van der Waals surface area contributed by atoms with Gasteiger partial charge in [-0.15, -0.1) is 0 Å². The van der Waals surface area contributed by atoms with Crippen LogP contribution in [0.5, 0.6) is 0 Å². The van der Waals surface area contributed by atoms with Crippen LogP contribution >= 0.6 is 0 Å². The van der Waals surface area contributed by atoms with Crippen molar-refractivity contribution in [3.8, 4) is 0 Å². The van der Waals surface area contributed by atoms with Crippen LogP contribution in [0.1, 0.15) is 15.9 Å². The SMILES string of the molecule is Cc1ccc2[nH]c(=O)cc(C(=O)N3C[C@@H]4COC(=O)[C@@H]4C3)c2c1. The summed E-state index contributed by atoms with van der Waals surface area (Å²) in [4.78, 5) is 40.8. The second-order valence-electron chi connectivity index (χ2n) is 6.30. The van der Waals surface area contributed by atoms with E-state index < -0.39 is 0 Å². The topological polar surface area (TPSA) is 79.5 Å². The van der Waals surface area contributed by atoms with Crippen LogP contribution in [0.2, 0.25) is 0 Å².